The highest BCUT2D eigenvalue weighted by Crippen LogP contribution is 2.15. The lowest BCUT2D eigenvalue weighted by atomic mass is 9.96. The summed E-state index contributed by atoms with van der Waals surface area (Å²) in [5.74, 6) is 2.56. The molecule has 96 valence electrons. The summed E-state index contributed by atoms with van der Waals surface area (Å²) in [5, 5.41) is 0. The van der Waals surface area contributed by atoms with Crippen LogP contribution < -0.4 is 5.73 Å². The van der Waals surface area contributed by atoms with Crippen molar-refractivity contribution in [2.75, 3.05) is 37.7 Å². The van der Waals surface area contributed by atoms with Gasteiger partial charge in [0, 0.05) is 35.4 Å². The SMILES string of the molecule is CCC(CCN)CCCN1CCS(=O)CC1. The lowest BCUT2D eigenvalue weighted by Crippen LogP contribution is -2.38. The maximum atomic E-state index is 11.2. The van der Waals surface area contributed by atoms with Gasteiger partial charge in [-0.05, 0) is 38.3 Å². The highest BCUT2D eigenvalue weighted by molar-refractivity contribution is 7.85. The number of hydrogen-bond acceptors (Lipinski definition) is 3. The van der Waals surface area contributed by atoms with Gasteiger partial charge >= 0.3 is 0 Å². The predicted molar refractivity (Wildman–Crippen MR) is 71.0 cm³/mol. The Morgan fingerprint density at radius 1 is 1.31 bits per heavy atom. The van der Waals surface area contributed by atoms with Crippen molar-refractivity contribution in [3.8, 4) is 0 Å². The average Bonchev–Trinajstić information content (AvgIpc) is 2.30. The lowest BCUT2D eigenvalue weighted by molar-refractivity contribution is 0.279. The maximum absolute atomic E-state index is 11.2. The normalized spacial score (nSPS) is 21.1. The largest absolute Gasteiger partial charge is 0.330 e. The van der Waals surface area contributed by atoms with E-state index in [1.807, 2.05) is 0 Å². The van der Waals surface area contributed by atoms with Crippen LogP contribution in [0.25, 0.3) is 0 Å². The summed E-state index contributed by atoms with van der Waals surface area (Å²) in [6.45, 7) is 6.31. The third-order valence-electron chi connectivity index (χ3n) is 3.51. The van der Waals surface area contributed by atoms with E-state index in [1.54, 1.807) is 0 Å². The monoisotopic (exact) mass is 246 g/mol. The van der Waals surface area contributed by atoms with E-state index < -0.39 is 10.8 Å². The molecule has 0 spiro atoms. The molecule has 0 aromatic carbocycles. The van der Waals surface area contributed by atoms with Crippen molar-refractivity contribution in [1.29, 1.82) is 0 Å². The summed E-state index contributed by atoms with van der Waals surface area (Å²) in [6.07, 6.45) is 4.99. The fourth-order valence-corrected chi connectivity index (χ4v) is 3.42. The van der Waals surface area contributed by atoms with E-state index in [9.17, 15) is 4.21 Å². The van der Waals surface area contributed by atoms with Crippen LogP contribution in [0.1, 0.15) is 32.6 Å². The number of nitrogens with zero attached hydrogens (tertiary/aromatic N) is 1. The Hall–Kier alpha value is 0.0700. The van der Waals surface area contributed by atoms with E-state index in [4.69, 9.17) is 5.73 Å². The summed E-state index contributed by atoms with van der Waals surface area (Å²) in [7, 11) is -0.538. The third kappa shape index (κ3) is 5.41. The molecule has 0 aromatic rings. The van der Waals surface area contributed by atoms with Gasteiger partial charge in [0.2, 0.25) is 0 Å². The van der Waals surface area contributed by atoms with Crippen molar-refractivity contribution in [3.05, 3.63) is 0 Å². The van der Waals surface area contributed by atoms with Gasteiger partial charge in [-0.2, -0.15) is 0 Å². The van der Waals surface area contributed by atoms with Crippen LogP contribution in [0.5, 0.6) is 0 Å². The molecule has 0 amide bonds. The molecular weight excluding hydrogens is 220 g/mol. The van der Waals surface area contributed by atoms with Crippen LogP contribution in [0.15, 0.2) is 0 Å². The quantitative estimate of drug-likeness (QED) is 0.734. The highest BCUT2D eigenvalue weighted by atomic mass is 32.2. The summed E-state index contributed by atoms with van der Waals surface area (Å²) < 4.78 is 11.2. The van der Waals surface area contributed by atoms with E-state index in [0.29, 0.717) is 0 Å². The van der Waals surface area contributed by atoms with Gasteiger partial charge in [-0.25, -0.2) is 0 Å². The van der Waals surface area contributed by atoms with Gasteiger partial charge in [-0.3, -0.25) is 4.21 Å². The van der Waals surface area contributed by atoms with Crippen molar-refractivity contribution in [2.45, 2.75) is 32.6 Å². The minimum atomic E-state index is -0.538. The Bertz CT molecular complexity index is 201. The summed E-state index contributed by atoms with van der Waals surface area (Å²) >= 11 is 0. The zero-order valence-electron chi connectivity index (χ0n) is 10.5. The van der Waals surface area contributed by atoms with Gasteiger partial charge < -0.3 is 10.6 Å². The second-order valence-electron chi connectivity index (χ2n) is 4.68. The molecule has 0 radical (unpaired) electrons. The molecule has 1 rings (SSSR count). The Kier molecular flexibility index (Phi) is 7.25. The molecule has 1 aliphatic rings. The van der Waals surface area contributed by atoms with Gasteiger partial charge in [-0.1, -0.05) is 13.3 Å². The number of rotatable bonds is 7. The summed E-state index contributed by atoms with van der Waals surface area (Å²) in [5.41, 5.74) is 5.59. The molecule has 1 unspecified atom stereocenters. The summed E-state index contributed by atoms with van der Waals surface area (Å²) in [6, 6.07) is 0. The van der Waals surface area contributed by atoms with E-state index in [-0.39, 0.29) is 0 Å². The van der Waals surface area contributed by atoms with E-state index in [0.717, 1.165) is 37.1 Å². The van der Waals surface area contributed by atoms with Crippen LogP contribution in [0.2, 0.25) is 0 Å². The van der Waals surface area contributed by atoms with Gasteiger partial charge in [0.05, 0.1) is 0 Å². The van der Waals surface area contributed by atoms with E-state index in [2.05, 4.69) is 11.8 Å². The molecule has 1 atom stereocenters. The van der Waals surface area contributed by atoms with Crippen molar-refractivity contribution in [2.24, 2.45) is 11.7 Å². The Labute approximate surface area is 102 Å². The first-order valence-electron chi connectivity index (χ1n) is 6.53. The second-order valence-corrected chi connectivity index (χ2v) is 6.38. The number of hydrogen-bond donors (Lipinski definition) is 1. The van der Waals surface area contributed by atoms with Crippen LogP contribution in [0.3, 0.4) is 0 Å². The Morgan fingerprint density at radius 2 is 2.00 bits per heavy atom. The topological polar surface area (TPSA) is 46.3 Å². The molecule has 2 N–H and O–H groups in total. The maximum Gasteiger partial charge on any atom is 0.0363 e. The molecule has 0 bridgehead atoms. The second kappa shape index (κ2) is 8.20. The van der Waals surface area contributed by atoms with E-state index in [1.165, 1.54) is 32.2 Å². The standard InChI is InChI=1S/C12H26N2OS/c1-2-12(5-6-13)4-3-7-14-8-10-16(15)11-9-14/h12H,2-11,13H2,1H3. The molecule has 0 aromatic heterocycles. The molecule has 0 aliphatic carbocycles. The Morgan fingerprint density at radius 3 is 2.56 bits per heavy atom. The first-order valence-corrected chi connectivity index (χ1v) is 8.02. The van der Waals surface area contributed by atoms with Crippen molar-refractivity contribution < 1.29 is 4.21 Å². The number of nitrogens with two attached hydrogens (primary N) is 1. The van der Waals surface area contributed by atoms with Crippen LogP contribution in [-0.4, -0.2) is 46.8 Å². The lowest BCUT2D eigenvalue weighted by Gasteiger charge is -2.26. The van der Waals surface area contributed by atoms with E-state index >= 15 is 0 Å². The van der Waals surface area contributed by atoms with Gasteiger partial charge in [0.25, 0.3) is 0 Å². The van der Waals surface area contributed by atoms with Crippen molar-refractivity contribution in [1.82, 2.24) is 4.90 Å². The van der Waals surface area contributed by atoms with Gasteiger partial charge in [0.15, 0.2) is 0 Å². The molecule has 1 aliphatic heterocycles. The first kappa shape index (κ1) is 14.1. The molecule has 1 heterocycles. The molecular formula is C12H26N2OS. The zero-order valence-corrected chi connectivity index (χ0v) is 11.3. The van der Waals surface area contributed by atoms with Crippen molar-refractivity contribution in [3.63, 3.8) is 0 Å². The summed E-state index contributed by atoms with van der Waals surface area (Å²) in [4.78, 5) is 2.45. The van der Waals surface area contributed by atoms with Crippen LogP contribution in [0, 0.1) is 5.92 Å². The highest BCUT2D eigenvalue weighted by Gasteiger charge is 2.14. The first-order chi connectivity index (χ1) is 7.76. The van der Waals surface area contributed by atoms with Crippen LogP contribution in [-0.2, 0) is 10.8 Å². The smallest absolute Gasteiger partial charge is 0.0363 e. The molecule has 4 heteroatoms. The van der Waals surface area contributed by atoms with Gasteiger partial charge in [-0.15, -0.1) is 0 Å². The van der Waals surface area contributed by atoms with Crippen molar-refractivity contribution >= 4 is 10.8 Å². The molecule has 1 fully saturated rings. The minimum Gasteiger partial charge on any atom is -0.330 e. The Balaban J connectivity index is 2.07. The van der Waals surface area contributed by atoms with Crippen LogP contribution in [0.4, 0.5) is 0 Å². The fourth-order valence-electron chi connectivity index (χ4n) is 2.29. The minimum absolute atomic E-state index is 0.538. The zero-order chi connectivity index (χ0) is 11.8. The third-order valence-corrected chi connectivity index (χ3v) is 4.79. The molecule has 16 heavy (non-hydrogen) atoms. The average molecular weight is 246 g/mol. The van der Waals surface area contributed by atoms with Gasteiger partial charge in [0.1, 0.15) is 0 Å². The molecule has 0 saturated carbocycles. The molecule has 1 saturated heterocycles. The fraction of sp³-hybridized carbons (Fsp3) is 1.00. The molecule has 3 nitrogen and oxygen atoms in total. The van der Waals surface area contributed by atoms with Crippen LogP contribution >= 0.6 is 0 Å². The predicted octanol–water partition coefficient (Wildman–Crippen LogP) is 1.21.